The van der Waals surface area contributed by atoms with E-state index in [2.05, 4.69) is 42.3 Å². The Morgan fingerprint density at radius 3 is 2.95 bits per heavy atom. The van der Waals surface area contributed by atoms with Gasteiger partial charge in [-0.2, -0.15) is 0 Å². The lowest BCUT2D eigenvalue weighted by atomic mass is 9.95. The summed E-state index contributed by atoms with van der Waals surface area (Å²) in [4.78, 5) is 7.67. The number of thiophene rings is 1. The van der Waals surface area contributed by atoms with Crippen LogP contribution in [0.3, 0.4) is 0 Å². The monoisotopic (exact) mass is 300 g/mol. The van der Waals surface area contributed by atoms with Gasteiger partial charge in [0.15, 0.2) is 0 Å². The van der Waals surface area contributed by atoms with Crippen molar-refractivity contribution in [2.75, 3.05) is 6.54 Å². The lowest BCUT2D eigenvalue weighted by molar-refractivity contribution is 0.466. The molecule has 0 bridgehead atoms. The maximum Gasteiger partial charge on any atom is 0.0497 e. The Labute approximate surface area is 131 Å². The highest BCUT2D eigenvalue weighted by molar-refractivity contribution is 7.12. The number of fused-ring (bicyclic) bond motifs is 1. The second-order valence-electron chi connectivity index (χ2n) is 5.93. The fraction of sp³-hybridized carbons (Fsp3) is 0.500. The molecule has 0 spiro atoms. The summed E-state index contributed by atoms with van der Waals surface area (Å²) >= 11 is 2.01. The number of hydrogen-bond acceptors (Lipinski definition) is 3. The van der Waals surface area contributed by atoms with E-state index in [0.29, 0.717) is 12.0 Å². The van der Waals surface area contributed by atoms with Gasteiger partial charge in [-0.25, -0.2) is 0 Å². The molecule has 1 aliphatic carbocycles. The van der Waals surface area contributed by atoms with E-state index < -0.39 is 0 Å². The Morgan fingerprint density at radius 2 is 2.24 bits per heavy atom. The Bertz CT molecular complexity index is 555. The van der Waals surface area contributed by atoms with Crippen LogP contribution in [0, 0.1) is 0 Å². The van der Waals surface area contributed by atoms with Crippen molar-refractivity contribution in [3.63, 3.8) is 0 Å². The molecule has 2 unspecified atom stereocenters. The van der Waals surface area contributed by atoms with E-state index in [1.54, 1.807) is 10.4 Å². The minimum atomic E-state index is 0.385. The van der Waals surface area contributed by atoms with Gasteiger partial charge >= 0.3 is 0 Å². The molecule has 0 amide bonds. The SMILES string of the molecule is CCCNC(c1cc2c(s1)CCC2)C(C)c1ccccn1. The number of nitrogens with zero attached hydrogens (tertiary/aromatic N) is 1. The average Bonchev–Trinajstić information content (AvgIpc) is 3.10. The smallest absolute Gasteiger partial charge is 0.0497 e. The van der Waals surface area contributed by atoms with Crippen LogP contribution in [-0.2, 0) is 12.8 Å². The van der Waals surface area contributed by atoms with E-state index in [-0.39, 0.29) is 0 Å². The van der Waals surface area contributed by atoms with Crippen LogP contribution < -0.4 is 5.32 Å². The molecule has 0 fully saturated rings. The molecule has 3 rings (SSSR count). The Morgan fingerprint density at radius 1 is 1.33 bits per heavy atom. The molecule has 112 valence electrons. The zero-order chi connectivity index (χ0) is 14.7. The first-order valence-electron chi connectivity index (χ1n) is 8.05. The van der Waals surface area contributed by atoms with Crippen LogP contribution in [0.1, 0.15) is 59.7 Å². The van der Waals surface area contributed by atoms with Crippen LogP contribution in [0.5, 0.6) is 0 Å². The summed E-state index contributed by atoms with van der Waals surface area (Å²) in [6.45, 7) is 5.58. The topological polar surface area (TPSA) is 24.9 Å². The predicted molar refractivity (Wildman–Crippen MR) is 90.0 cm³/mol. The van der Waals surface area contributed by atoms with Crippen molar-refractivity contribution in [1.29, 1.82) is 0 Å². The van der Waals surface area contributed by atoms with E-state index in [4.69, 9.17) is 0 Å². The van der Waals surface area contributed by atoms with Crippen molar-refractivity contribution in [1.82, 2.24) is 10.3 Å². The van der Waals surface area contributed by atoms with Gasteiger partial charge in [-0.05, 0) is 56.0 Å². The van der Waals surface area contributed by atoms with Crippen molar-refractivity contribution >= 4 is 11.3 Å². The van der Waals surface area contributed by atoms with Crippen molar-refractivity contribution < 1.29 is 0 Å². The van der Waals surface area contributed by atoms with E-state index in [9.17, 15) is 0 Å². The highest BCUT2D eigenvalue weighted by Gasteiger charge is 2.25. The third kappa shape index (κ3) is 3.19. The van der Waals surface area contributed by atoms with Gasteiger partial charge in [-0.1, -0.05) is 19.9 Å². The highest BCUT2D eigenvalue weighted by atomic mass is 32.1. The third-order valence-corrected chi connectivity index (χ3v) is 5.66. The highest BCUT2D eigenvalue weighted by Crippen LogP contribution is 2.38. The molecule has 21 heavy (non-hydrogen) atoms. The summed E-state index contributed by atoms with van der Waals surface area (Å²) in [5.41, 5.74) is 2.77. The molecule has 2 nitrogen and oxygen atoms in total. The first kappa shape index (κ1) is 14.7. The molecule has 3 heteroatoms. The minimum absolute atomic E-state index is 0.385. The van der Waals surface area contributed by atoms with Crippen molar-refractivity contribution in [2.45, 2.75) is 51.5 Å². The standard InChI is InChI=1S/C18H24N2S/c1-3-10-20-18(13(2)15-8-4-5-11-19-15)17-12-14-7-6-9-16(14)21-17/h4-5,8,11-13,18,20H,3,6-7,9-10H2,1-2H3. The predicted octanol–water partition coefficient (Wildman–Crippen LogP) is 4.48. The lowest BCUT2D eigenvalue weighted by Gasteiger charge is -2.24. The summed E-state index contributed by atoms with van der Waals surface area (Å²) in [6.07, 6.45) is 6.95. The largest absolute Gasteiger partial charge is 0.309 e. The molecule has 0 aliphatic heterocycles. The molecule has 2 heterocycles. The Kier molecular flexibility index (Phi) is 4.71. The molecular weight excluding hydrogens is 276 g/mol. The quantitative estimate of drug-likeness (QED) is 0.851. The van der Waals surface area contributed by atoms with E-state index in [0.717, 1.165) is 13.0 Å². The van der Waals surface area contributed by atoms with Crippen molar-refractivity contribution in [2.24, 2.45) is 0 Å². The van der Waals surface area contributed by atoms with E-state index in [1.165, 1.54) is 29.8 Å². The molecule has 2 aromatic rings. The van der Waals surface area contributed by atoms with Crippen LogP contribution in [0.25, 0.3) is 0 Å². The van der Waals surface area contributed by atoms with Gasteiger partial charge in [0.1, 0.15) is 0 Å². The molecule has 0 saturated carbocycles. The number of aromatic nitrogens is 1. The molecule has 0 radical (unpaired) electrons. The van der Waals surface area contributed by atoms with Crippen LogP contribution in [0.4, 0.5) is 0 Å². The Hall–Kier alpha value is -1.19. The number of pyridine rings is 1. The van der Waals surface area contributed by atoms with Crippen molar-refractivity contribution in [3.05, 3.63) is 51.5 Å². The zero-order valence-corrected chi connectivity index (χ0v) is 13.7. The average molecular weight is 300 g/mol. The van der Waals surface area contributed by atoms with Gasteiger partial charge in [0.2, 0.25) is 0 Å². The molecule has 1 aliphatic rings. The fourth-order valence-electron chi connectivity index (χ4n) is 3.15. The molecule has 1 N–H and O–H groups in total. The summed E-state index contributed by atoms with van der Waals surface area (Å²) < 4.78 is 0. The molecule has 0 saturated heterocycles. The van der Waals surface area contributed by atoms with E-state index >= 15 is 0 Å². The van der Waals surface area contributed by atoms with Crippen LogP contribution in [-0.4, -0.2) is 11.5 Å². The first-order valence-corrected chi connectivity index (χ1v) is 8.87. The van der Waals surface area contributed by atoms with Crippen LogP contribution in [0.2, 0.25) is 0 Å². The number of rotatable bonds is 6. The third-order valence-electron chi connectivity index (χ3n) is 4.34. The maximum atomic E-state index is 4.56. The lowest BCUT2D eigenvalue weighted by Crippen LogP contribution is -2.26. The fourth-order valence-corrected chi connectivity index (χ4v) is 4.58. The first-order chi connectivity index (χ1) is 10.3. The van der Waals surface area contributed by atoms with Gasteiger partial charge in [0, 0.05) is 33.6 Å². The number of nitrogens with one attached hydrogen (secondary N) is 1. The van der Waals surface area contributed by atoms with Gasteiger partial charge in [-0.3, -0.25) is 4.98 Å². The van der Waals surface area contributed by atoms with Crippen LogP contribution >= 0.6 is 11.3 Å². The normalized spacial score (nSPS) is 16.7. The second-order valence-corrected chi connectivity index (χ2v) is 7.09. The van der Waals surface area contributed by atoms with Crippen molar-refractivity contribution in [3.8, 4) is 0 Å². The summed E-state index contributed by atoms with van der Waals surface area (Å²) in [7, 11) is 0. The second kappa shape index (κ2) is 6.71. The zero-order valence-electron chi connectivity index (χ0n) is 12.9. The van der Waals surface area contributed by atoms with Gasteiger partial charge < -0.3 is 5.32 Å². The van der Waals surface area contributed by atoms with Gasteiger partial charge in [0.25, 0.3) is 0 Å². The summed E-state index contributed by atoms with van der Waals surface area (Å²) in [5.74, 6) is 0.400. The van der Waals surface area contributed by atoms with Gasteiger partial charge in [0.05, 0.1) is 0 Å². The van der Waals surface area contributed by atoms with Crippen LogP contribution in [0.15, 0.2) is 30.5 Å². The molecule has 0 aromatic carbocycles. The van der Waals surface area contributed by atoms with Gasteiger partial charge in [-0.15, -0.1) is 11.3 Å². The maximum absolute atomic E-state index is 4.56. The number of aryl methyl sites for hydroxylation is 2. The summed E-state index contributed by atoms with van der Waals surface area (Å²) in [5, 5.41) is 3.74. The number of hydrogen-bond donors (Lipinski definition) is 1. The molecular formula is C18H24N2S. The summed E-state index contributed by atoms with van der Waals surface area (Å²) in [6, 6.07) is 9.05. The molecule has 2 atom stereocenters. The van der Waals surface area contributed by atoms with E-state index in [1.807, 2.05) is 23.6 Å². The minimum Gasteiger partial charge on any atom is -0.309 e. The Balaban J connectivity index is 1.86. The molecule has 2 aromatic heterocycles.